The van der Waals surface area contributed by atoms with E-state index >= 15 is 0 Å². The normalized spacial score (nSPS) is 16.2. The molecule has 21 heavy (non-hydrogen) atoms. The van der Waals surface area contributed by atoms with Gasteiger partial charge in [0.1, 0.15) is 10.8 Å². The predicted molar refractivity (Wildman–Crippen MR) is 86.7 cm³/mol. The highest BCUT2D eigenvalue weighted by atomic mass is 32.1. The molecule has 0 bridgehead atoms. The number of amides is 1. The first kappa shape index (κ1) is 15.9. The van der Waals surface area contributed by atoms with Crippen LogP contribution < -0.4 is 11.1 Å². The Morgan fingerprint density at radius 3 is 2.57 bits per heavy atom. The molecule has 0 aromatic heterocycles. The van der Waals surface area contributed by atoms with Crippen molar-refractivity contribution in [1.29, 1.82) is 0 Å². The molecular weight excluding hydrogens is 287 g/mol. The highest BCUT2D eigenvalue weighted by Gasteiger charge is 2.18. The van der Waals surface area contributed by atoms with Crippen LogP contribution in [0.1, 0.15) is 50.5 Å². The molecule has 0 heterocycles. The Morgan fingerprint density at radius 2 is 1.95 bits per heavy atom. The minimum atomic E-state index is -0.505. The molecule has 1 aromatic carbocycles. The van der Waals surface area contributed by atoms with Crippen molar-refractivity contribution < 1.29 is 9.18 Å². The van der Waals surface area contributed by atoms with Crippen LogP contribution >= 0.6 is 12.2 Å². The molecule has 0 radical (unpaired) electrons. The van der Waals surface area contributed by atoms with Crippen LogP contribution in [-0.4, -0.2) is 10.9 Å². The Balaban J connectivity index is 2.02. The van der Waals surface area contributed by atoms with Crippen molar-refractivity contribution in [2.24, 2.45) is 11.7 Å². The number of rotatable bonds is 4. The van der Waals surface area contributed by atoms with Crippen molar-refractivity contribution in [1.82, 2.24) is 0 Å². The van der Waals surface area contributed by atoms with Gasteiger partial charge in [-0.25, -0.2) is 4.39 Å². The first-order chi connectivity index (χ1) is 10.1. The molecule has 3 nitrogen and oxygen atoms in total. The quantitative estimate of drug-likeness (QED) is 0.658. The number of halogens is 1. The SMILES string of the molecule is NC(=S)c1c(F)cccc1NC(=O)CC1CCCCCC1. The highest BCUT2D eigenvalue weighted by molar-refractivity contribution is 7.80. The van der Waals surface area contributed by atoms with Crippen molar-refractivity contribution in [2.75, 3.05) is 5.32 Å². The lowest BCUT2D eigenvalue weighted by molar-refractivity contribution is -0.117. The molecule has 114 valence electrons. The van der Waals surface area contributed by atoms with E-state index in [1.807, 2.05) is 0 Å². The lowest BCUT2D eigenvalue weighted by atomic mass is 9.96. The van der Waals surface area contributed by atoms with E-state index in [2.05, 4.69) is 5.32 Å². The van der Waals surface area contributed by atoms with E-state index in [1.165, 1.54) is 31.7 Å². The second-order valence-corrected chi connectivity index (χ2v) is 6.08. The standard InChI is InChI=1S/C16H21FN2OS/c17-12-8-5-9-13(15(12)16(18)21)19-14(20)10-11-6-3-1-2-4-7-11/h5,8-9,11H,1-4,6-7,10H2,(H2,18,21)(H,19,20). The van der Waals surface area contributed by atoms with Crippen LogP contribution in [0.5, 0.6) is 0 Å². The van der Waals surface area contributed by atoms with Crippen molar-refractivity contribution in [3.8, 4) is 0 Å². The smallest absolute Gasteiger partial charge is 0.224 e. The van der Waals surface area contributed by atoms with E-state index in [-0.39, 0.29) is 16.5 Å². The average molecular weight is 308 g/mol. The second-order valence-electron chi connectivity index (χ2n) is 5.64. The number of thiocarbonyl (C=S) groups is 1. The third kappa shape index (κ3) is 4.49. The Kier molecular flexibility index (Phi) is 5.67. The van der Waals surface area contributed by atoms with Gasteiger partial charge < -0.3 is 11.1 Å². The summed E-state index contributed by atoms with van der Waals surface area (Å²) >= 11 is 4.86. The molecule has 0 aliphatic heterocycles. The van der Waals surface area contributed by atoms with Crippen LogP contribution in [0.2, 0.25) is 0 Å². The molecule has 2 rings (SSSR count). The largest absolute Gasteiger partial charge is 0.389 e. The van der Waals surface area contributed by atoms with E-state index in [1.54, 1.807) is 12.1 Å². The maximum absolute atomic E-state index is 13.7. The van der Waals surface area contributed by atoms with E-state index in [0.29, 0.717) is 18.0 Å². The summed E-state index contributed by atoms with van der Waals surface area (Å²) < 4.78 is 13.7. The third-order valence-electron chi connectivity index (χ3n) is 3.98. The number of hydrogen-bond donors (Lipinski definition) is 2. The second kappa shape index (κ2) is 7.50. The molecule has 0 atom stereocenters. The van der Waals surface area contributed by atoms with Crippen LogP contribution in [-0.2, 0) is 4.79 Å². The lowest BCUT2D eigenvalue weighted by Crippen LogP contribution is -2.20. The number of carbonyl (C=O) groups is 1. The molecular formula is C16H21FN2OS. The zero-order chi connectivity index (χ0) is 15.2. The number of hydrogen-bond acceptors (Lipinski definition) is 2. The topological polar surface area (TPSA) is 55.1 Å². The summed E-state index contributed by atoms with van der Waals surface area (Å²) in [6.07, 6.45) is 7.57. The van der Waals surface area contributed by atoms with E-state index in [4.69, 9.17) is 18.0 Å². The predicted octanol–water partition coefficient (Wildman–Crippen LogP) is 3.76. The fourth-order valence-electron chi connectivity index (χ4n) is 2.91. The third-order valence-corrected chi connectivity index (χ3v) is 4.19. The molecule has 1 saturated carbocycles. The Morgan fingerprint density at radius 1 is 1.29 bits per heavy atom. The Bertz CT molecular complexity index is 525. The summed E-state index contributed by atoms with van der Waals surface area (Å²) in [6, 6.07) is 4.45. The van der Waals surface area contributed by atoms with Gasteiger partial charge in [0.15, 0.2) is 0 Å². The van der Waals surface area contributed by atoms with Gasteiger partial charge in [0.05, 0.1) is 11.3 Å². The monoisotopic (exact) mass is 308 g/mol. The zero-order valence-electron chi connectivity index (χ0n) is 12.0. The van der Waals surface area contributed by atoms with Crippen LogP contribution in [0, 0.1) is 11.7 Å². The van der Waals surface area contributed by atoms with Crippen molar-refractivity contribution in [2.45, 2.75) is 44.9 Å². The van der Waals surface area contributed by atoms with Gasteiger partial charge in [-0.2, -0.15) is 0 Å². The summed E-state index contributed by atoms with van der Waals surface area (Å²) in [5.74, 6) is -0.172. The van der Waals surface area contributed by atoms with Crippen molar-refractivity contribution in [3.63, 3.8) is 0 Å². The fraction of sp³-hybridized carbons (Fsp3) is 0.500. The average Bonchev–Trinajstić information content (AvgIpc) is 2.66. The van der Waals surface area contributed by atoms with Crippen LogP contribution in [0.25, 0.3) is 0 Å². The van der Waals surface area contributed by atoms with Gasteiger partial charge in [-0.3, -0.25) is 4.79 Å². The van der Waals surface area contributed by atoms with Gasteiger partial charge in [-0.15, -0.1) is 0 Å². The summed E-state index contributed by atoms with van der Waals surface area (Å²) in [5.41, 5.74) is 6.01. The lowest BCUT2D eigenvalue weighted by Gasteiger charge is -2.15. The van der Waals surface area contributed by atoms with Crippen molar-refractivity contribution in [3.05, 3.63) is 29.6 Å². The maximum atomic E-state index is 13.7. The molecule has 1 aliphatic carbocycles. The van der Waals surface area contributed by atoms with Gasteiger partial charge in [-0.05, 0) is 30.9 Å². The molecule has 0 saturated heterocycles. The first-order valence-electron chi connectivity index (χ1n) is 7.46. The van der Waals surface area contributed by atoms with Crippen LogP contribution in [0.15, 0.2) is 18.2 Å². The molecule has 0 spiro atoms. The first-order valence-corrected chi connectivity index (χ1v) is 7.87. The maximum Gasteiger partial charge on any atom is 0.224 e. The molecule has 3 N–H and O–H groups in total. The number of anilines is 1. The Hall–Kier alpha value is -1.49. The highest BCUT2D eigenvalue weighted by Crippen LogP contribution is 2.26. The van der Waals surface area contributed by atoms with Gasteiger partial charge >= 0.3 is 0 Å². The molecule has 1 aromatic rings. The van der Waals surface area contributed by atoms with E-state index in [0.717, 1.165) is 12.8 Å². The van der Waals surface area contributed by atoms with Gasteiger partial charge in [0, 0.05) is 6.42 Å². The fourth-order valence-corrected chi connectivity index (χ4v) is 3.12. The number of carbonyl (C=O) groups excluding carboxylic acids is 1. The number of nitrogens with two attached hydrogens (primary N) is 1. The van der Waals surface area contributed by atoms with Crippen LogP contribution in [0.4, 0.5) is 10.1 Å². The molecule has 1 amide bonds. The summed E-state index contributed by atoms with van der Waals surface area (Å²) in [7, 11) is 0. The minimum Gasteiger partial charge on any atom is -0.389 e. The summed E-state index contributed by atoms with van der Waals surface area (Å²) in [6.45, 7) is 0. The minimum absolute atomic E-state index is 0.0436. The summed E-state index contributed by atoms with van der Waals surface area (Å²) in [4.78, 5) is 12.1. The van der Waals surface area contributed by atoms with E-state index < -0.39 is 5.82 Å². The molecule has 5 heteroatoms. The van der Waals surface area contributed by atoms with Gasteiger partial charge in [0.2, 0.25) is 5.91 Å². The zero-order valence-corrected chi connectivity index (χ0v) is 12.8. The molecule has 0 unspecified atom stereocenters. The van der Waals surface area contributed by atoms with Crippen molar-refractivity contribution >= 4 is 28.8 Å². The molecule has 1 fully saturated rings. The summed E-state index contributed by atoms with van der Waals surface area (Å²) in [5, 5.41) is 2.75. The number of benzene rings is 1. The molecule has 1 aliphatic rings. The van der Waals surface area contributed by atoms with Gasteiger partial charge in [0.25, 0.3) is 0 Å². The van der Waals surface area contributed by atoms with E-state index in [9.17, 15) is 9.18 Å². The number of nitrogens with one attached hydrogen (secondary N) is 1. The van der Waals surface area contributed by atoms with Gasteiger partial charge in [-0.1, -0.05) is 44.0 Å². The van der Waals surface area contributed by atoms with Crippen LogP contribution in [0.3, 0.4) is 0 Å². The Labute approximate surface area is 130 Å².